The van der Waals surface area contributed by atoms with E-state index in [-0.39, 0.29) is 23.3 Å². The predicted octanol–water partition coefficient (Wildman–Crippen LogP) is 6.62. The molecule has 5 rings (SSSR count). The lowest BCUT2D eigenvalue weighted by atomic mass is 9.99. The molecule has 0 bridgehead atoms. The van der Waals surface area contributed by atoms with Gasteiger partial charge in [0, 0.05) is 68.2 Å². The number of carbonyl (C=O) groups excluding carboxylic acids is 1. The van der Waals surface area contributed by atoms with Crippen molar-refractivity contribution in [1.82, 2.24) is 14.5 Å². The van der Waals surface area contributed by atoms with E-state index in [1.807, 2.05) is 42.5 Å². The Kier molecular flexibility index (Phi) is 8.15. The molecule has 0 radical (unpaired) electrons. The summed E-state index contributed by atoms with van der Waals surface area (Å²) in [6, 6.07) is 14.1. The van der Waals surface area contributed by atoms with Gasteiger partial charge in [-0.1, -0.05) is 13.8 Å². The molecular formula is C32H34F3N5O. The van der Waals surface area contributed by atoms with Crippen LogP contribution < -0.4 is 4.90 Å². The smallest absolute Gasteiger partial charge is 0.254 e. The number of anilines is 1. The molecule has 1 atom stereocenters. The first-order valence-corrected chi connectivity index (χ1v) is 13.9. The summed E-state index contributed by atoms with van der Waals surface area (Å²) in [4.78, 5) is 26.9. The molecule has 9 heteroatoms. The third-order valence-corrected chi connectivity index (χ3v) is 8.05. The highest BCUT2D eigenvalue weighted by molar-refractivity contribution is 5.98. The number of piperazine rings is 1. The number of hydrogen-bond acceptors (Lipinski definition) is 4. The summed E-state index contributed by atoms with van der Waals surface area (Å²) < 4.78 is 43.4. The van der Waals surface area contributed by atoms with Crippen LogP contribution in [0.4, 0.5) is 24.5 Å². The minimum atomic E-state index is -0.660. The van der Waals surface area contributed by atoms with Gasteiger partial charge in [0.1, 0.15) is 23.3 Å². The van der Waals surface area contributed by atoms with E-state index in [1.165, 1.54) is 18.2 Å². The monoisotopic (exact) mass is 561 g/mol. The van der Waals surface area contributed by atoms with Crippen LogP contribution in [-0.2, 0) is 13.5 Å². The molecule has 0 saturated carbocycles. The zero-order chi connectivity index (χ0) is 29.3. The fourth-order valence-electron chi connectivity index (χ4n) is 5.16. The van der Waals surface area contributed by atoms with Crippen LogP contribution in [0.15, 0.2) is 59.6 Å². The van der Waals surface area contributed by atoms with Gasteiger partial charge in [0.2, 0.25) is 0 Å². The molecule has 1 aromatic heterocycles. The molecule has 1 amide bonds. The molecule has 4 aromatic rings. The van der Waals surface area contributed by atoms with Gasteiger partial charge in [0.25, 0.3) is 5.91 Å². The average Bonchev–Trinajstić information content (AvgIpc) is 3.29. The maximum absolute atomic E-state index is 14.2. The molecular weight excluding hydrogens is 527 g/mol. The summed E-state index contributed by atoms with van der Waals surface area (Å²) in [5, 5.41) is 0. The van der Waals surface area contributed by atoms with Crippen molar-refractivity contribution in [3.63, 3.8) is 0 Å². The van der Waals surface area contributed by atoms with Gasteiger partial charge >= 0.3 is 0 Å². The Bertz CT molecular complexity index is 1600. The number of aryl methyl sites for hydroxylation is 1. The summed E-state index contributed by atoms with van der Waals surface area (Å²) in [6.45, 7) is 8.16. The summed E-state index contributed by atoms with van der Waals surface area (Å²) in [7, 11) is 1.90. The number of imidazole rings is 1. The lowest BCUT2D eigenvalue weighted by Gasteiger charge is -2.36. The SMILES string of the molecule is CCC(C)C(Cc1nc2ccc(C(=O)N3CCN(c4ccc(F)cc4)CC3)cc2n1C)=Nc1cc(F)cc(F)c1C. The molecule has 41 heavy (non-hydrogen) atoms. The number of rotatable bonds is 7. The van der Waals surface area contributed by atoms with E-state index in [4.69, 9.17) is 9.98 Å². The summed E-state index contributed by atoms with van der Waals surface area (Å²) in [5.41, 5.74) is 4.49. The van der Waals surface area contributed by atoms with E-state index in [0.717, 1.165) is 40.7 Å². The largest absolute Gasteiger partial charge is 0.368 e. The quantitative estimate of drug-likeness (QED) is 0.238. The molecule has 1 unspecified atom stereocenters. The molecule has 0 aliphatic carbocycles. The number of aromatic nitrogens is 2. The number of halogens is 3. The van der Waals surface area contributed by atoms with Gasteiger partial charge in [-0.25, -0.2) is 18.2 Å². The normalized spacial score (nSPS) is 15.0. The minimum Gasteiger partial charge on any atom is -0.368 e. The first kappa shape index (κ1) is 28.4. The molecule has 0 spiro atoms. The molecule has 1 fully saturated rings. The van der Waals surface area contributed by atoms with Crippen LogP contribution in [0.1, 0.15) is 42.0 Å². The van der Waals surface area contributed by atoms with E-state index in [9.17, 15) is 18.0 Å². The van der Waals surface area contributed by atoms with Crippen LogP contribution in [0, 0.1) is 30.3 Å². The minimum absolute atomic E-state index is 0.0427. The first-order chi connectivity index (χ1) is 19.6. The molecule has 1 aliphatic heterocycles. The Morgan fingerprint density at radius 2 is 1.68 bits per heavy atom. The number of carbonyl (C=O) groups is 1. The first-order valence-electron chi connectivity index (χ1n) is 13.9. The van der Waals surface area contributed by atoms with E-state index < -0.39 is 11.6 Å². The third kappa shape index (κ3) is 5.99. The van der Waals surface area contributed by atoms with E-state index in [1.54, 1.807) is 25.1 Å². The second kappa shape index (κ2) is 11.8. The number of benzene rings is 3. The Balaban J connectivity index is 1.36. The molecule has 2 heterocycles. The van der Waals surface area contributed by atoms with E-state index in [0.29, 0.717) is 43.7 Å². The van der Waals surface area contributed by atoms with Crippen LogP contribution in [-0.4, -0.2) is 52.2 Å². The maximum atomic E-state index is 14.2. The van der Waals surface area contributed by atoms with Crippen LogP contribution in [0.25, 0.3) is 11.0 Å². The second-order valence-electron chi connectivity index (χ2n) is 10.7. The van der Waals surface area contributed by atoms with Crippen molar-refractivity contribution >= 4 is 34.0 Å². The molecule has 1 aliphatic rings. The standard InChI is InChI=1S/C32H34F3N5O/c1-5-20(2)28(36-29-18-24(34)17-26(35)21(29)3)19-31-37-27-11-6-22(16-30(27)38(31)4)32(41)40-14-12-39(13-15-40)25-9-7-23(33)8-10-25/h6-11,16-18,20H,5,12-15,19H2,1-4H3. The van der Waals surface area contributed by atoms with Crippen molar-refractivity contribution < 1.29 is 18.0 Å². The van der Waals surface area contributed by atoms with Crippen LogP contribution in [0.3, 0.4) is 0 Å². The van der Waals surface area contributed by atoms with Gasteiger partial charge in [0.15, 0.2) is 0 Å². The van der Waals surface area contributed by atoms with Gasteiger partial charge in [-0.3, -0.25) is 9.79 Å². The summed E-state index contributed by atoms with van der Waals surface area (Å²) in [6.07, 6.45) is 1.22. The van der Waals surface area contributed by atoms with Gasteiger partial charge in [0.05, 0.1) is 16.7 Å². The van der Waals surface area contributed by atoms with Crippen LogP contribution in [0.2, 0.25) is 0 Å². The maximum Gasteiger partial charge on any atom is 0.254 e. The number of hydrogen-bond donors (Lipinski definition) is 0. The zero-order valence-electron chi connectivity index (χ0n) is 23.8. The highest BCUT2D eigenvalue weighted by Gasteiger charge is 2.24. The van der Waals surface area contributed by atoms with Gasteiger partial charge in [-0.2, -0.15) is 0 Å². The van der Waals surface area contributed by atoms with Gasteiger partial charge < -0.3 is 14.4 Å². The van der Waals surface area contributed by atoms with Gasteiger partial charge in [-0.05, 0) is 67.8 Å². The van der Waals surface area contributed by atoms with Gasteiger partial charge in [-0.15, -0.1) is 0 Å². The van der Waals surface area contributed by atoms with E-state index >= 15 is 0 Å². The lowest BCUT2D eigenvalue weighted by Crippen LogP contribution is -2.48. The van der Waals surface area contributed by atoms with Crippen molar-refractivity contribution in [2.24, 2.45) is 18.0 Å². The van der Waals surface area contributed by atoms with Crippen molar-refractivity contribution in [3.8, 4) is 0 Å². The van der Waals surface area contributed by atoms with Crippen molar-refractivity contribution in [2.75, 3.05) is 31.1 Å². The topological polar surface area (TPSA) is 53.7 Å². The average molecular weight is 562 g/mol. The molecule has 214 valence electrons. The number of amides is 1. The van der Waals surface area contributed by atoms with Crippen LogP contribution in [0.5, 0.6) is 0 Å². The predicted molar refractivity (Wildman–Crippen MR) is 157 cm³/mol. The lowest BCUT2D eigenvalue weighted by molar-refractivity contribution is 0.0747. The Labute approximate surface area is 238 Å². The summed E-state index contributed by atoms with van der Waals surface area (Å²) in [5.74, 6) is -0.760. The van der Waals surface area contributed by atoms with Crippen molar-refractivity contribution in [3.05, 3.63) is 89.0 Å². The van der Waals surface area contributed by atoms with Crippen LogP contribution >= 0.6 is 0 Å². The number of fused-ring (bicyclic) bond motifs is 1. The molecule has 6 nitrogen and oxygen atoms in total. The summed E-state index contributed by atoms with van der Waals surface area (Å²) >= 11 is 0. The number of nitrogens with zero attached hydrogens (tertiary/aromatic N) is 5. The Hall–Kier alpha value is -4.14. The number of aliphatic imine (C=N–C) groups is 1. The second-order valence-corrected chi connectivity index (χ2v) is 10.7. The molecule has 3 aromatic carbocycles. The highest BCUT2D eigenvalue weighted by atomic mass is 19.1. The van der Waals surface area contributed by atoms with Crippen molar-refractivity contribution in [1.29, 1.82) is 0 Å². The fraction of sp³-hybridized carbons (Fsp3) is 0.344. The molecule has 1 saturated heterocycles. The fourth-order valence-corrected chi connectivity index (χ4v) is 5.16. The highest BCUT2D eigenvalue weighted by Crippen LogP contribution is 2.26. The zero-order valence-corrected chi connectivity index (χ0v) is 23.8. The molecule has 0 N–H and O–H groups in total. The van der Waals surface area contributed by atoms with E-state index in [2.05, 4.69) is 4.90 Å². The Morgan fingerprint density at radius 3 is 2.37 bits per heavy atom. The Morgan fingerprint density at radius 1 is 0.976 bits per heavy atom. The third-order valence-electron chi connectivity index (χ3n) is 8.05. The van der Waals surface area contributed by atoms with Crippen molar-refractivity contribution in [2.45, 2.75) is 33.6 Å².